The van der Waals surface area contributed by atoms with E-state index in [4.69, 9.17) is 4.74 Å². The molecule has 1 amide bonds. The first kappa shape index (κ1) is 16.5. The van der Waals surface area contributed by atoms with Crippen molar-refractivity contribution in [1.82, 2.24) is 4.90 Å². The fraction of sp³-hybridized carbons (Fsp3) is 0.462. The van der Waals surface area contributed by atoms with Crippen molar-refractivity contribution in [2.75, 3.05) is 20.2 Å². The van der Waals surface area contributed by atoms with Gasteiger partial charge in [0.25, 0.3) is 5.91 Å². The summed E-state index contributed by atoms with van der Waals surface area (Å²) < 4.78 is 7.15. The zero-order chi connectivity index (χ0) is 14.6. The molecule has 106 valence electrons. The molecule has 1 aromatic carbocycles. The van der Waals surface area contributed by atoms with Gasteiger partial charge < -0.3 is 14.7 Å². The van der Waals surface area contributed by atoms with Gasteiger partial charge in [-0.05, 0) is 48.0 Å². The second-order valence-corrected chi connectivity index (χ2v) is 6.70. The van der Waals surface area contributed by atoms with Gasteiger partial charge in [-0.2, -0.15) is 0 Å². The largest absolute Gasteiger partial charge is 0.483 e. The third-order valence-electron chi connectivity index (χ3n) is 2.29. The Morgan fingerprint density at radius 2 is 2.05 bits per heavy atom. The minimum Gasteiger partial charge on any atom is -0.483 e. The molecule has 0 heterocycles. The molecule has 1 aromatic rings. The van der Waals surface area contributed by atoms with Crippen LogP contribution in [0.15, 0.2) is 27.1 Å². The van der Waals surface area contributed by atoms with E-state index in [0.717, 1.165) is 8.95 Å². The van der Waals surface area contributed by atoms with Crippen molar-refractivity contribution >= 4 is 37.8 Å². The number of hydrogen-bond donors (Lipinski definition) is 1. The Hall–Kier alpha value is -0.590. The Bertz CT molecular complexity index is 458. The maximum Gasteiger partial charge on any atom is 0.260 e. The number of benzene rings is 1. The molecule has 0 aromatic heterocycles. The van der Waals surface area contributed by atoms with Crippen LogP contribution in [0, 0.1) is 0 Å². The van der Waals surface area contributed by atoms with E-state index in [0.29, 0.717) is 5.75 Å². The van der Waals surface area contributed by atoms with Crippen LogP contribution < -0.4 is 4.74 Å². The smallest absolute Gasteiger partial charge is 0.260 e. The number of amides is 1. The molecule has 0 aliphatic heterocycles. The van der Waals surface area contributed by atoms with Gasteiger partial charge in [0.2, 0.25) is 0 Å². The summed E-state index contributed by atoms with van der Waals surface area (Å²) in [6.45, 7) is 3.51. The van der Waals surface area contributed by atoms with Crippen LogP contribution in [0.2, 0.25) is 0 Å². The van der Waals surface area contributed by atoms with E-state index in [1.807, 2.05) is 12.1 Å². The van der Waals surface area contributed by atoms with E-state index in [2.05, 4.69) is 31.9 Å². The van der Waals surface area contributed by atoms with Gasteiger partial charge in [-0.3, -0.25) is 4.79 Å². The van der Waals surface area contributed by atoms with Crippen LogP contribution in [0.3, 0.4) is 0 Å². The Labute approximate surface area is 130 Å². The van der Waals surface area contributed by atoms with Crippen LogP contribution >= 0.6 is 31.9 Å². The molecule has 0 spiro atoms. The number of halogens is 2. The third kappa shape index (κ3) is 5.93. The number of nitrogens with zero attached hydrogens (tertiary/aromatic N) is 1. The Kier molecular flexibility index (Phi) is 5.82. The van der Waals surface area contributed by atoms with Crippen molar-refractivity contribution in [1.29, 1.82) is 0 Å². The summed E-state index contributed by atoms with van der Waals surface area (Å²) in [5.74, 6) is 0.421. The van der Waals surface area contributed by atoms with Crippen LogP contribution in [0.5, 0.6) is 5.75 Å². The zero-order valence-electron chi connectivity index (χ0n) is 11.1. The minimum absolute atomic E-state index is 0.0627. The van der Waals surface area contributed by atoms with E-state index < -0.39 is 5.60 Å². The number of hydrogen-bond acceptors (Lipinski definition) is 3. The Morgan fingerprint density at radius 3 is 2.58 bits per heavy atom. The molecular weight excluding hydrogens is 378 g/mol. The molecule has 4 nitrogen and oxygen atoms in total. The summed E-state index contributed by atoms with van der Waals surface area (Å²) in [4.78, 5) is 13.3. The highest BCUT2D eigenvalue weighted by atomic mass is 79.9. The molecule has 1 N–H and O–H groups in total. The molecule has 0 saturated heterocycles. The van der Waals surface area contributed by atoms with Crippen molar-refractivity contribution in [3.05, 3.63) is 27.1 Å². The summed E-state index contributed by atoms with van der Waals surface area (Å²) in [6.07, 6.45) is 0. The van der Waals surface area contributed by atoms with Crippen molar-refractivity contribution in [3.8, 4) is 5.75 Å². The number of carbonyl (C=O) groups is 1. The SMILES string of the molecule is CN(CC(C)(C)O)C(=O)COc1ccc(Br)cc1Br. The molecule has 1 rings (SSSR count). The molecule has 0 fully saturated rings. The highest BCUT2D eigenvalue weighted by Crippen LogP contribution is 2.28. The number of carbonyl (C=O) groups excluding carboxylic acids is 1. The van der Waals surface area contributed by atoms with Gasteiger partial charge in [0, 0.05) is 18.1 Å². The average Bonchev–Trinajstić information content (AvgIpc) is 2.25. The Morgan fingerprint density at radius 1 is 1.42 bits per heavy atom. The average molecular weight is 395 g/mol. The highest BCUT2D eigenvalue weighted by molar-refractivity contribution is 9.11. The molecular formula is C13H17Br2NO3. The zero-order valence-corrected chi connectivity index (χ0v) is 14.3. The normalized spacial score (nSPS) is 11.3. The fourth-order valence-electron chi connectivity index (χ4n) is 1.51. The van der Waals surface area contributed by atoms with Gasteiger partial charge in [-0.15, -0.1) is 0 Å². The predicted octanol–water partition coefficient (Wildman–Crippen LogP) is 2.82. The summed E-state index contributed by atoms with van der Waals surface area (Å²) in [6, 6.07) is 5.46. The van der Waals surface area contributed by atoms with Crippen molar-refractivity contribution in [2.45, 2.75) is 19.4 Å². The minimum atomic E-state index is -0.914. The second kappa shape index (κ2) is 6.72. The molecule has 0 aliphatic rings. The van der Waals surface area contributed by atoms with Gasteiger partial charge in [0.1, 0.15) is 5.75 Å². The second-order valence-electron chi connectivity index (χ2n) is 4.93. The molecule has 0 radical (unpaired) electrons. The maximum atomic E-state index is 11.8. The first-order valence-corrected chi connectivity index (χ1v) is 7.32. The third-order valence-corrected chi connectivity index (χ3v) is 3.41. The topological polar surface area (TPSA) is 49.8 Å². The van der Waals surface area contributed by atoms with Gasteiger partial charge >= 0.3 is 0 Å². The lowest BCUT2D eigenvalue weighted by Gasteiger charge is -2.25. The highest BCUT2D eigenvalue weighted by Gasteiger charge is 2.19. The predicted molar refractivity (Wildman–Crippen MR) is 81.3 cm³/mol. The van der Waals surface area contributed by atoms with Gasteiger partial charge in [0.05, 0.1) is 10.1 Å². The summed E-state index contributed by atoms with van der Waals surface area (Å²) >= 11 is 6.71. The number of aliphatic hydroxyl groups is 1. The number of rotatable bonds is 5. The summed E-state index contributed by atoms with van der Waals surface area (Å²) in [7, 11) is 1.64. The summed E-state index contributed by atoms with van der Waals surface area (Å²) in [5.41, 5.74) is -0.914. The lowest BCUT2D eigenvalue weighted by atomic mass is 10.1. The maximum absolute atomic E-state index is 11.8. The molecule has 0 saturated carbocycles. The molecule has 0 atom stereocenters. The Balaban J connectivity index is 2.54. The van der Waals surface area contributed by atoms with Crippen LogP contribution in [-0.4, -0.2) is 41.7 Å². The van der Waals surface area contributed by atoms with Crippen LogP contribution in [0.25, 0.3) is 0 Å². The lowest BCUT2D eigenvalue weighted by molar-refractivity contribution is -0.134. The molecule has 0 aliphatic carbocycles. The van der Waals surface area contributed by atoms with E-state index in [1.165, 1.54) is 4.90 Å². The van der Waals surface area contributed by atoms with Crippen LogP contribution in [0.4, 0.5) is 0 Å². The quantitative estimate of drug-likeness (QED) is 0.835. The van der Waals surface area contributed by atoms with Crippen molar-refractivity contribution < 1.29 is 14.6 Å². The van der Waals surface area contributed by atoms with E-state index in [1.54, 1.807) is 27.0 Å². The number of likely N-dealkylation sites (N-methyl/N-ethyl adjacent to an activating group) is 1. The van der Waals surface area contributed by atoms with E-state index in [-0.39, 0.29) is 19.1 Å². The van der Waals surface area contributed by atoms with Crippen LogP contribution in [0.1, 0.15) is 13.8 Å². The monoisotopic (exact) mass is 393 g/mol. The van der Waals surface area contributed by atoms with Crippen LogP contribution in [-0.2, 0) is 4.79 Å². The fourth-order valence-corrected chi connectivity index (χ4v) is 2.67. The number of ether oxygens (including phenoxy) is 1. The molecule has 0 unspecified atom stereocenters. The molecule has 6 heteroatoms. The first-order valence-electron chi connectivity index (χ1n) is 5.73. The van der Waals surface area contributed by atoms with E-state index in [9.17, 15) is 9.90 Å². The first-order chi connectivity index (χ1) is 8.69. The van der Waals surface area contributed by atoms with Gasteiger partial charge in [-0.1, -0.05) is 15.9 Å². The van der Waals surface area contributed by atoms with Gasteiger partial charge in [-0.25, -0.2) is 0 Å². The van der Waals surface area contributed by atoms with Gasteiger partial charge in [0.15, 0.2) is 6.61 Å². The van der Waals surface area contributed by atoms with Crippen molar-refractivity contribution in [2.24, 2.45) is 0 Å². The van der Waals surface area contributed by atoms with E-state index >= 15 is 0 Å². The summed E-state index contributed by atoms with van der Waals surface area (Å²) in [5, 5.41) is 9.65. The molecule has 19 heavy (non-hydrogen) atoms. The standard InChI is InChI=1S/C13H17Br2NO3/c1-13(2,18)8-16(3)12(17)7-19-11-5-4-9(14)6-10(11)15/h4-6,18H,7-8H2,1-3H3. The molecule has 0 bridgehead atoms. The lowest BCUT2D eigenvalue weighted by Crippen LogP contribution is -2.41. The van der Waals surface area contributed by atoms with Crippen molar-refractivity contribution in [3.63, 3.8) is 0 Å².